The lowest BCUT2D eigenvalue weighted by molar-refractivity contribution is 0.0951. The van der Waals surface area contributed by atoms with Crippen molar-refractivity contribution in [3.05, 3.63) is 83.3 Å². The van der Waals surface area contributed by atoms with Gasteiger partial charge in [0, 0.05) is 12.2 Å². The predicted molar refractivity (Wildman–Crippen MR) is 97.5 cm³/mol. The van der Waals surface area contributed by atoms with Gasteiger partial charge in [0.25, 0.3) is 5.91 Å². The van der Waals surface area contributed by atoms with Gasteiger partial charge in [-0.15, -0.1) is 0 Å². The van der Waals surface area contributed by atoms with E-state index in [0.29, 0.717) is 17.9 Å². The molecule has 3 aromatic rings. The van der Waals surface area contributed by atoms with E-state index in [-0.39, 0.29) is 17.5 Å². The van der Waals surface area contributed by atoms with E-state index in [9.17, 15) is 9.18 Å². The van der Waals surface area contributed by atoms with Gasteiger partial charge in [-0.2, -0.15) is 0 Å². The van der Waals surface area contributed by atoms with Crippen molar-refractivity contribution >= 4 is 11.7 Å². The van der Waals surface area contributed by atoms with Crippen LogP contribution < -0.4 is 15.8 Å². The maximum atomic E-state index is 13.6. The van der Waals surface area contributed by atoms with E-state index in [0.717, 1.165) is 11.3 Å². The van der Waals surface area contributed by atoms with Crippen LogP contribution in [0.5, 0.6) is 11.5 Å². The molecule has 1 heterocycles. The molecule has 5 nitrogen and oxygen atoms in total. The molecule has 6 heteroatoms. The average Bonchev–Trinajstić information content (AvgIpc) is 2.63. The van der Waals surface area contributed by atoms with Crippen molar-refractivity contribution in [2.45, 2.75) is 13.5 Å². The van der Waals surface area contributed by atoms with Gasteiger partial charge in [-0.3, -0.25) is 4.79 Å². The molecule has 0 saturated heterocycles. The van der Waals surface area contributed by atoms with Crippen LogP contribution in [0.3, 0.4) is 0 Å². The normalized spacial score (nSPS) is 10.4. The van der Waals surface area contributed by atoms with Crippen LogP contribution in [0, 0.1) is 12.7 Å². The Labute approximate surface area is 150 Å². The topological polar surface area (TPSA) is 77.2 Å². The third-order valence-electron chi connectivity index (χ3n) is 3.75. The van der Waals surface area contributed by atoms with Crippen molar-refractivity contribution < 1.29 is 13.9 Å². The lowest BCUT2D eigenvalue weighted by atomic mass is 10.2. The van der Waals surface area contributed by atoms with E-state index in [1.807, 2.05) is 6.92 Å². The summed E-state index contributed by atoms with van der Waals surface area (Å²) in [5.74, 6) is 0.166. The van der Waals surface area contributed by atoms with E-state index in [4.69, 9.17) is 10.5 Å². The molecule has 3 rings (SSSR count). The first kappa shape index (κ1) is 17.4. The number of nitrogens with one attached hydrogen (secondary N) is 1. The van der Waals surface area contributed by atoms with Crippen LogP contribution in [0.2, 0.25) is 0 Å². The molecule has 3 N–H and O–H groups in total. The Kier molecular flexibility index (Phi) is 5.12. The standard InChI is InChI=1S/C20H18FN3O2/c1-13-6-11-16(19(22)24-13)20(25)23-12-14-7-9-15(10-8-14)26-18-5-3-2-4-17(18)21/h2-11H,12H2,1H3,(H2,22,24)(H,23,25). The van der Waals surface area contributed by atoms with E-state index in [2.05, 4.69) is 10.3 Å². The quantitative estimate of drug-likeness (QED) is 0.732. The van der Waals surface area contributed by atoms with Crippen LogP contribution in [0.4, 0.5) is 10.2 Å². The number of hydrogen-bond acceptors (Lipinski definition) is 4. The maximum absolute atomic E-state index is 13.6. The monoisotopic (exact) mass is 351 g/mol. The first-order valence-corrected chi connectivity index (χ1v) is 8.05. The number of nitrogen functional groups attached to an aromatic ring is 1. The number of carbonyl (C=O) groups is 1. The fourth-order valence-corrected chi connectivity index (χ4v) is 2.38. The number of benzene rings is 2. The summed E-state index contributed by atoms with van der Waals surface area (Å²) in [5, 5.41) is 2.79. The van der Waals surface area contributed by atoms with Crippen molar-refractivity contribution in [2.75, 3.05) is 5.73 Å². The zero-order chi connectivity index (χ0) is 18.5. The number of ether oxygens (including phenoxy) is 1. The molecular weight excluding hydrogens is 333 g/mol. The molecule has 0 aliphatic carbocycles. The number of carbonyl (C=O) groups excluding carboxylic acids is 1. The predicted octanol–water partition coefficient (Wildman–Crippen LogP) is 3.83. The third-order valence-corrected chi connectivity index (χ3v) is 3.75. The van der Waals surface area contributed by atoms with Gasteiger partial charge in [0.1, 0.15) is 11.6 Å². The molecule has 0 aliphatic heterocycles. The van der Waals surface area contributed by atoms with Crippen molar-refractivity contribution in [1.82, 2.24) is 10.3 Å². The Bertz CT molecular complexity index is 927. The highest BCUT2D eigenvalue weighted by Gasteiger charge is 2.10. The van der Waals surface area contributed by atoms with E-state index in [1.54, 1.807) is 54.6 Å². The molecule has 1 aromatic heterocycles. The second kappa shape index (κ2) is 7.65. The smallest absolute Gasteiger partial charge is 0.255 e. The lowest BCUT2D eigenvalue weighted by Crippen LogP contribution is -2.24. The van der Waals surface area contributed by atoms with Crippen LogP contribution in [0.1, 0.15) is 21.6 Å². The highest BCUT2D eigenvalue weighted by Crippen LogP contribution is 2.24. The molecule has 0 saturated carbocycles. The van der Waals surface area contributed by atoms with Crippen molar-refractivity contribution in [1.29, 1.82) is 0 Å². The van der Waals surface area contributed by atoms with Crippen LogP contribution in [0.15, 0.2) is 60.7 Å². The SMILES string of the molecule is Cc1ccc(C(=O)NCc2ccc(Oc3ccccc3F)cc2)c(N)n1. The molecule has 0 bridgehead atoms. The van der Waals surface area contributed by atoms with Gasteiger partial charge in [0.2, 0.25) is 0 Å². The molecule has 0 unspecified atom stereocenters. The molecule has 0 radical (unpaired) electrons. The first-order chi connectivity index (χ1) is 12.5. The molecule has 1 amide bonds. The molecule has 0 atom stereocenters. The number of nitrogens with two attached hydrogens (primary N) is 1. The summed E-state index contributed by atoms with van der Waals surface area (Å²) in [6.07, 6.45) is 0. The number of amides is 1. The summed E-state index contributed by atoms with van der Waals surface area (Å²) in [4.78, 5) is 16.3. The fraction of sp³-hybridized carbons (Fsp3) is 0.100. The number of hydrogen-bond donors (Lipinski definition) is 2. The minimum Gasteiger partial charge on any atom is -0.454 e. The molecule has 0 aliphatic rings. The van der Waals surface area contributed by atoms with E-state index in [1.165, 1.54) is 6.07 Å². The molecular formula is C20H18FN3O2. The number of anilines is 1. The van der Waals surface area contributed by atoms with Crippen molar-refractivity contribution in [2.24, 2.45) is 0 Å². The van der Waals surface area contributed by atoms with Crippen LogP contribution in [-0.2, 0) is 6.54 Å². The summed E-state index contributed by atoms with van der Waals surface area (Å²) < 4.78 is 19.1. The Morgan fingerprint density at radius 2 is 1.85 bits per heavy atom. The lowest BCUT2D eigenvalue weighted by Gasteiger charge is -2.09. The fourth-order valence-electron chi connectivity index (χ4n) is 2.38. The molecule has 132 valence electrons. The van der Waals surface area contributed by atoms with Crippen LogP contribution in [-0.4, -0.2) is 10.9 Å². The van der Waals surface area contributed by atoms with Crippen molar-refractivity contribution in [3.8, 4) is 11.5 Å². The Morgan fingerprint density at radius 3 is 2.54 bits per heavy atom. The number of nitrogens with zero attached hydrogens (tertiary/aromatic N) is 1. The second-order valence-electron chi connectivity index (χ2n) is 5.74. The first-order valence-electron chi connectivity index (χ1n) is 8.05. The Balaban J connectivity index is 1.61. The Hall–Kier alpha value is -3.41. The molecule has 0 fully saturated rings. The zero-order valence-corrected chi connectivity index (χ0v) is 14.2. The molecule has 0 spiro atoms. The van der Waals surface area contributed by atoms with Gasteiger partial charge in [0.05, 0.1) is 5.56 Å². The third kappa shape index (κ3) is 4.16. The zero-order valence-electron chi connectivity index (χ0n) is 14.2. The minimum atomic E-state index is -0.423. The average molecular weight is 351 g/mol. The molecule has 2 aromatic carbocycles. The van der Waals surface area contributed by atoms with Gasteiger partial charge in [-0.1, -0.05) is 24.3 Å². The summed E-state index contributed by atoms with van der Waals surface area (Å²) >= 11 is 0. The van der Waals surface area contributed by atoms with Gasteiger partial charge in [-0.05, 0) is 48.9 Å². The van der Waals surface area contributed by atoms with Crippen molar-refractivity contribution in [3.63, 3.8) is 0 Å². The number of rotatable bonds is 5. The van der Waals surface area contributed by atoms with Gasteiger partial charge >= 0.3 is 0 Å². The van der Waals surface area contributed by atoms with Gasteiger partial charge in [0.15, 0.2) is 11.6 Å². The van der Waals surface area contributed by atoms with Gasteiger partial charge < -0.3 is 15.8 Å². The maximum Gasteiger partial charge on any atom is 0.255 e. The van der Waals surface area contributed by atoms with Crippen LogP contribution >= 0.6 is 0 Å². The van der Waals surface area contributed by atoms with Crippen LogP contribution in [0.25, 0.3) is 0 Å². The van der Waals surface area contributed by atoms with E-state index < -0.39 is 5.82 Å². The Morgan fingerprint density at radius 1 is 1.12 bits per heavy atom. The summed E-state index contributed by atoms with van der Waals surface area (Å²) in [5.41, 5.74) is 7.75. The summed E-state index contributed by atoms with van der Waals surface area (Å²) in [6.45, 7) is 2.13. The summed E-state index contributed by atoms with van der Waals surface area (Å²) in [7, 11) is 0. The number of para-hydroxylation sites is 1. The number of aromatic nitrogens is 1. The number of halogens is 1. The summed E-state index contributed by atoms with van der Waals surface area (Å²) in [6, 6.07) is 16.6. The van der Waals surface area contributed by atoms with Gasteiger partial charge in [-0.25, -0.2) is 9.37 Å². The molecule has 26 heavy (non-hydrogen) atoms. The number of pyridine rings is 1. The highest BCUT2D eigenvalue weighted by atomic mass is 19.1. The van der Waals surface area contributed by atoms with E-state index >= 15 is 0 Å². The second-order valence-corrected chi connectivity index (χ2v) is 5.74. The largest absolute Gasteiger partial charge is 0.454 e. The number of aryl methyl sites for hydroxylation is 1. The highest BCUT2D eigenvalue weighted by molar-refractivity contribution is 5.98. The minimum absolute atomic E-state index is 0.163.